The van der Waals surface area contributed by atoms with E-state index in [9.17, 15) is 0 Å². The average molecular weight is 243 g/mol. The lowest BCUT2D eigenvalue weighted by molar-refractivity contribution is 0.269. The van der Waals surface area contributed by atoms with E-state index >= 15 is 0 Å². The smallest absolute Gasteiger partial charge is 0.0640 e. The molecule has 0 aliphatic rings. The van der Waals surface area contributed by atoms with Gasteiger partial charge >= 0.3 is 0 Å². The van der Waals surface area contributed by atoms with Gasteiger partial charge in [0.2, 0.25) is 0 Å². The van der Waals surface area contributed by atoms with Gasteiger partial charge in [0, 0.05) is 30.1 Å². The predicted octanol–water partition coefficient (Wildman–Crippen LogP) is 1.11. The van der Waals surface area contributed by atoms with Crippen molar-refractivity contribution in [3.05, 3.63) is 18.0 Å². The zero-order valence-corrected chi connectivity index (χ0v) is 10.8. The highest BCUT2D eigenvalue weighted by atomic mass is 32.2. The molecule has 0 amide bonds. The second-order valence-corrected chi connectivity index (χ2v) is 5.10. The fourth-order valence-electron chi connectivity index (χ4n) is 1.37. The van der Waals surface area contributed by atoms with Crippen LogP contribution in [0.2, 0.25) is 0 Å². The molecule has 0 aliphatic heterocycles. The van der Waals surface area contributed by atoms with Crippen molar-refractivity contribution in [2.75, 3.05) is 18.1 Å². The van der Waals surface area contributed by atoms with E-state index in [2.05, 4.69) is 24.3 Å². The summed E-state index contributed by atoms with van der Waals surface area (Å²) in [6, 6.07) is 0.520. The standard InChI is InChI=1S/C11H21N3OS/c1-3-16-9-10(2)12-6-11-7-13-14(8-11)4-5-15/h7-8,10,12,15H,3-6,9H2,1-2H3. The number of hydrogen-bond donors (Lipinski definition) is 2. The Morgan fingerprint density at radius 1 is 1.62 bits per heavy atom. The first-order valence-corrected chi connectivity index (χ1v) is 6.85. The van der Waals surface area contributed by atoms with Crippen LogP contribution in [0.5, 0.6) is 0 Å². The highest BCUT2D eigenvalue weighted by Gasteiger charge is 2.02. The van der Waals surface area contributed by atoms with Crippen LogP contribution in [0.25, 0.3) is 0 Å². The first-order chi connectivity index (χ1) is 7.76. The van der Waals surface area contributed by atoms with Crippen molar-refractivity contribution >= 4 is 11.8 Å². The maximum absolute atomic E-state index is 8.76. The van der Waals surface area contributed by atoms with E-state index in [0.29, 0.717) is 12.6 Å². The van der Waals surface area contributed by atoms with Crippen molar-refractivity contribution < 1.29 is 5.11 Å². The molecule has 1 aromatic rings. The Hall–Kier alpha value is -0.520. The molecule has 1 unspecified atom stereocenters. The molecule has 1 atom stereocenters. The molecule has 0 saturated heterocycles. The Balaban J connectivity index is 2.25. The molecule has 1 rings (SSSR count). The van der Waals surface area contributed by atoms with E-state index in [1.807, 2.05) is 24.2 Å². The molecule has 0 radical (unpaired) electrons. The molecule has 0 saturated carbocycles. The second-order valence-electron chi connectivity index (χ2n) is 3.78. The lowest BCUT2D eigenvalue weighted by Crippen LogP contribution is -2.27. The van der Waals surface area contributed by atoms with E-state index in [4.69, 9.17) is 5.11 Å². The maximum Gasteiger partial charge on any atom is 0.0640 e. The monoisotopic (exact) mass is 243 g/mol. The first kappa shape index (κ1) is 13.5. The highest BCUT2D eigenvalue weighted by Crippen LogP contribution is 2.03. The minimum Gasteiger partial charge on any atom is -0.394 e. The number of aliphatic hydroxyl groups is 1. The summed E-state index contributed by atoms with van der Waals surface area (Å²) in [7, 11) is 0. The number of thioether (sulfide) groups is 1. The molecule has 16 heavy (non-hydrogen) atoms. The Bertz CT molecular complexity index is 291. The summed E-state index contributed by atoms with van der Waals surface area (Å²) in [4.78, 5) is 0. The van der Waals surface area contributed by atoms with E-state index in [0.717, 1.165) is 12.3 Å². The van der Waals surface area contributed by atoms with Crippen LogP contribution in [0.15, 0.2) is 12.4 Å². The van der Waals surface area contributed by atoms with Gasteiger partial charge < -0.3 is 10.4 Å². The SMILES string of the molecule is CCSCC(C)NCc1cnn(CCO)c1. The molecule has 2 N–H and O–H groups in total. The van der Waals surface area contributed by atoms with Crippen molar-refractivity contribution in [1.82, 2.24) is 15.1 Å². The number of hydrogen-bond acceptors (Lipinski definition) is 4. The van der Waals surface area contributed by atoms with Crippen LogP contribution in [0.1, 0.15) is 19.4 Å². The molecular formula is C11H21N3OS. The van der Waals surface area contributed by atoms with Gasteiger partial charge in [-0.25, -0.2) is 0 Å². The molecule has 5 heteroatoms. The van der Waals surface area contributed by atoms with Crippen molar-refractivity contribution in [2.24, 2.45) is 0 Å². The lowest BCUT2D eigenvalue weighted by atomic mass is 10.3. The van der Waals surface area contributed by atoms with Crippen LogP contribution in [0.3, 0.4) is 0 Å². The summed E-state index contributed by atoms with van der Waals surface area (Å²) in [5.74, 6) is 2.31. The Morgan fingerprint density at radius 3 is 3.12 bits per heavy atom. The third-order valence-electron chi connectivity index (χ3n) is 2.24. The van der Waals surface area contributed by atoms with Crippen LogP contribution in [-0.4, -0.2) is 39.0 Å². The summed E-state index contributed by atoms with van der Waals surface area (Å²) in [6.07, 6.45) is 3.82. The molecule has 0 aliphatic carbocycles. The van der Waals surface area contributed by atoms with Crippen LogP contribution in [-0.2, 0) is 13.1 Å². The third-order valence-corrected chi connectivity index (χ3v) is 3.39. The van der Waals surface area contributed by atoms with Gasteiger partial charge in [-0.2, -0.15) is 16.9 Å². The summed E-state index contributed by atoms with van der Waals surface area (Å²) < 4.78 is 1.77. The van der Waals surface area contributed by atoms with E-state index in [1.54, 1.807) is 4.68 Å². The average Bonchev–Trinajstić information content (AvgIpc) is 2.72. The zero-order chi connectivity index (χ0) is 11.8. The normalized spacial score (nSPS) is 12.9. The van der Waals surface area contributed by atoms with Crippen LogP contribution < -0.4 is 5.32 Å². The number of rotatable bonds is 8. The van der Waals surface area contributed by atoms with E-state index < -0.39 is 0 Å². The zero-order valence-electron chi connectivity index (χ0n) is 10.0. The van der Waals surface area contributed by atoms with E-state index in [1.165, 1.54) is 11.3 Å². The maximum atomic E-state index is 8.76. The second kappa shape index (κ2) is 7.70. The van der Waals surface area contributed by atoms with Gasteiger partial charge in [-0.3, -0.25) is 4.68 Å². The molecule has 92 valence electrons. The fraction of sp³-hybridized carbons (Fsp3) is 0.727. The summed E-state index contributed by atoms with van der Waals surface area (Å²) in [5.41, 5.74) is 1.17. The molecule has 0 bridgehead atoms. The first-order valence-electron chi connectivity index (χ1n) is 5.69. The number of nitrogens with one attached hydrogen (secondary N) is 1. The van der Waals surface area contributed by atoms with Crippen molar-refractivity contribution in [3.8, 4) is 0 Å². The minimum absolute atomic E-state index is 0.137. The number of aromatic nitrogens is 2. The van der Waals surface area contributed by atoms with Crippen molar-refractivity contribution in [1.29, 1.82) is 0 Å². The van der Waals surface area contributed by atoms with Crippen LogP contribution >= 0.6 is 11.8 Å². The van der Waals surface area contributed by atoms with Crippen molar-refractivity contribution in [2.45, 2.75) is 33.0 Å². The van der Waals surface area contributed by atoms with Gasteiger partial charge in [-0.05, 0) is 12.7 Å². The molecule has 1 aromatic heterocycles. The van der Waals surface area contributed by atoms with E-state index in [-0.39, 0.29) is 6.61 Å². The Labute approximate surface area is 101 Å². The highest BCUT2D eigenvalue weighted by molar-refractivity contribution is 7.99. The molecule has 1 heterocycles. The van der Waals surface area contributed by atoms with Gasteiger partial charge in [0.15, 0.2) is 0 Å². The Morgan fingerprint density at radius 2 is 2.44 bits per heavy atom. The molecule has 0 fully saturated rings. The third kappa shape index (κ3) is 5.01. The minimum atomic E-state index is 0.137. The molecule has 4 nitrogen and oxygen atoms in total. The van der Waals surface area contributed by atoms with Gasteiger partial charge in [0.05, 0.1) is 19.3 Å². The largest absolute Gasteiger partial charge is 0.394 e. The van der Waals surface area contributed by atoms with Crippen LogP contribution in [0.4, 0.5) is 0 Å². The molecule has 0 spiro atoms. The fourth-order valence-corrected chi connectivity index (χ4v) is 2.08. The van der Waals surface area contributed by atoms with Crippen molar-refractivity contribution in [3.63, 3.8) is 0 Å². The number of nitrogens with zero attached hydrogens (tertiary/aromatic N) is 2. The quantitative estimate of drug-likeness (QED) is 0.718. The van der Waals surface area contributed by atoms with Gasteiger partial charge in [-0.15, -0.1) is 0 Å². The summed E-state index contributed by atoms with van der Waals surface area (Å²) >= 11 is 1.95. The molecular weight excluding hydrogens is 222 g/mol. The van der Waals surface area contributed by atoms with Gasteiger partial charge in [0.1, 0.15) is 0 Å². The lowest BCUT2D eigenvalue weighted by Gasteiger charge is -2.11. The van der Waals surface area contributed by atoms with Crippen LogP contribution in [0, 0.1) is 0 Å². The van der Waals surface area contributed by atoms with Gasteiger partial charge in [-0.1, -0.05) is 6.92 Å². The summed E-state index contributed by atoms with van der Waals surface area (Å²) in [6.45, 7) is 5.92. The Kier molecular flexibility index (Phi) is 6.52. The number of aliphatic hydroxyl groups excluding tert-OH is 1. The molecule has 0 aromatic carbocycles. The summed E-state index contributed by atoms with van der Waals surface area (Å²) in [5, 5.41) is 16.4. The predicted molar refractivity (Wildman–Crippen MR) is 68.6 cm³/mol. The van der Waals surface area contributed by atoms with Gasteiger partial charge in [0.25, 0.3) is 0 Å². The topological polar surface area (TPSA) is 50.1 Å².